The standard InChI is InChI=1S/C15H22ClNO/c1-11-5-3-4-6-14(11)17-10-12-7-8-15(18-2)13(16)9-12/h7-9,11,14,17H,3-6,10H2,1-2H3/p+1/t11-,14-/m1/s1. The van der Waals surface area contributed by atoms with Crippen LogP contribution in [0.25, 0.3) is 0 Å². The van der Waals surface area contributed by atoms with Gasteiger partial charge in [-0.2, -0.15) is 0 Å². The fourth-order valence-electron chi connectivity index (χ4n) is 2.82. The van der Waals surface area contributed by atoms with Gasteiger partial charge in [0.2, 0.25) is 0 Å². The van der Waals surface area contributed by atoms with Crippen LogP contribution in [0.15, 0.2) is 18.2 Å². The molecule has 1 aromatic rings. The highest BCUT2D eigenvalue weighted by Gasteiger charge is 2.23. The summed E-state index contributed by atoms with van der Waals surface area (Å²) in [4.78, 5) is 0. The van der Waals surface area contributed by atoms with Crippen molar-refractivity contribution < 1.29 is 10.1 Å². The van der Waals surface area contributed by atoms with E-state index in [4.69, 9.17) is 16.3 Å². The van der Waals surface area contributed by atoms with Crippen molar-refractivity contribution in [2.75, 3.05) is 7.11 Å². The molecule has 0 heterocycles. The molecule has 2 nitrogen and oxygen atoms in total. The molecule has 2 atom stereocenters. The second kappa shape index (κ2) is 6.44. The lowest BCUT2D eigenvalue weighted by atomic mass is 9.86. The normalized spacial score (nSPS) is 23.9. The largest absolute Gasteiger partial charge is 0.495 e. The van der Waals surface area contributed by atoms with E-state index in [1.807, 2.05) is 12.1 Å². The molecule has 0 amide bonds. The first-order chi connectivity index (χ1) is 8.70. The minimum Gasteiger partial charge on any atom is -0.495 e. The van der Waals surface area contributed by atoms with Gasteiger partial charge in [0.1, 0.15) is 12.3 Å². The third-order valence-corrected chi connectivity index (χ3v) is 4.35. The summed E-state index contributed by atoms with van der Waals surface area (Å²) in [7, 11) is 1.65. The SMILES string of the molecule is COc1ccc(C[NH2+][C@@H]2CCCC[C@H]2C)cc1Cl. The Balaban J connectivity index is 1.91. The summed E-state index contributed by atoms with van der Waals surface area (Å²) in [6.07, 6.45) is 5.52. The molecular formula is C15H23ClNO+. The van der Waals surface area contributed by atoms with Crippen LogP contribution in [0.5, 0.6) is 5.75 Å². The van der Waals surface area contributed by atoms with E-state index >= 15 is 0 Å². The Labute approximate surface area is 115 Å². The molecule has 2 N–H and O–H groups in total. The zero-order chi connectivity index (χ0) is 13.0. The third kappa shape index (κ3) is 3.39. The molecule has 1 aliphatic rings. The number of quaternary nitrogens is 1. The summed E-state index contributed by atoms with van der Waals surface area (Å²) < 4.78 is 5.17. The molecule has 1 saturated carbocycles. The van der Waals surface area contributed by atoms with E-state index in [0.29, 0.717) is 5.02 Å². The van der Waals surface area contributed by atoms with Crippen LogP contribution in [-0.4, -0.2) is 13.2 Å². The van der Waals surface area contributed by atoms with Crippen molar-refractivity contribution in [3.05, 3.63) is 28.8 Å². The minimum atomic E-state index is 0.708. The molecule has 100 valence electrons. The van der Waals surface area contributed by atoms with Crippen LogP contribution < -0.4 is 10.1 Å². The van der Waals surface area contributed by atoms with Gasteiger partial charge in [-0.1, -0.05) is 24.9 Å². The van der Waals surface area contributed by atoms with Gasteiger partial charge in [0.15, 0.2) is 0 Å². The quantitative estimate of drug-likeness (QED) is 0.893. The Bertz CT molecular complexity index is 394. The molecule has 0 radical (unpaired) electrons. The van der Waals surface area contributed by atoms with Gasteiger partial charge in [-0.15, -0.1) is 0 Å². The van der Waals surface area contributed by atoms with Crippen molar-refractivity contribution in [2.45, 2.75) is 45.2 Å². The number of hydrogen-bond donors (Lipinski definition) is 1. The second-order valence-corrected chi connectivity index (χ2v) is 5.74. The van der Waals surface area contributed by atoms with E-state index < -0.39 is 0 Å². The molecule has 18 heavy (non-hydrogen) atoms. The lowest BCUT2D eigenvalue weighted by Crippen LogP contribution is -2.90. The maximum absolute atomic E-state index is 6.14. The van der Waals surface area contributed by atoms with Gasteiger partial charge in [0.05, 0.1) is 18.2 Å². The minimum absolute atomic E-state index is 0.708. The van der Waals surface area contributed by atoms with Crippen LogP contribution in [0.3, 0.4) is 0 Å². The van der Waals surface area contributed by atoms with Crippen LogP contribution >= 0.6 is 11.6 Å². The summed E-state index contributed by atoms with van der Waals surface area (Å²) >= 11 is 6.14. The van der Waals surface area contributed by atoms with E-state index in [-0.39, 0.29) is 0 Å². The third-order valence-electron chi connectivity index (χ3n) is 4.05. The summed E-state index contributed by atoms with van der Waals surface area (Å²) in [6, 6.07) is 6.86. The number of nitrogens with two attached hydrogens (primary N) is 1. The fourth-order valence-corrected chi connectivity index (χ4v) is 3.10. The molecule has 2 rings (SSSR count). The molecule has 0 unspecified atom stereocenters. The summed E-state index contributed by atoms with van der Waals surface area (Å²) in [6.45, 7) is 3.39. The summed E-state index contributed by atoms with van der Waals surface area (Å²) in [5.74, 6) is 1.60. The maximum atomic E-state index is 6.14. The average molecular weight is 269 g/mol. The number of halogens is 1. The predicted molar refractivity (Wildman–Crippen MR) is 75.1 cm³/mol. The van der Waals surface area contributed by atoms with Crippen LogP contribution in [0, 0.1) is 5.92 Å². The number of ether oxygens (including phenoxy) is 1. The Kier molecular flexibility index (Phi) is 4.90. The van der Waals surface area contributed by atoms with Gasteiger partial charge in [-0.3, -0.25) is 0 Å². The molecule has 0 spiro atoms. The number of methoxy groups -OCH3 is 1. The zero-order valence-electron chi connectivity index (χ0n) is 11.3. The number of hydrogen-bond acceptors (Lipinski definition) is 1. The molecule has 1 aromatic carbocycles. The van der Waals surface area contributed by atoms with Crippen molar-refractivity contribution in [3.8, 4) is 5.75 Å². The van der Waals surface area contributed by atoms with Crippen molar-refractivity contribution in [2.24, 2.45) is 5.92 Å². The van der Waals surface area contributed by atoms with Crippen molar-refractivity contribution in [3.63, 3.8) is 0 Å². The van der Waals surface area contributed by atoms with Gasteiger partial charge in [0.25, 0.3) is 0 Å². The average Bonchev–Trinajstić information content (AvgIpc) is 2.38. The Morgan fingerprint density at radius 3 is 2.78 bits per heavy atom. The Hall–Kier alpha value is -0.730. The smallest absolute Gasteiger partial charge is 0.137 e. The molecule has 3 heteroatoms. The van der Waals surface area contributed by atoms with Crippen LogP contribution in [-0.2, 0) is 6.54 Å². The summed E-state index contributed by atoms with van der Waals surface area (Å²) in [5.41, 5.74) is 1.28. The van der Waals surface area contributed by atoms with Crippen molar-refractivity contribution in [1.29, 1.82) is 0 Å². The van der Waals surface area contributed by atoms with Crippen LogP contribution in [0.4, 0.5) is 0 Å². The highest BCUT2D eigenvalue weighted by atomic mass is 35.5. The highest BCUT2D eigenvalue weighted by Crippen LogP contribution is 2.25. The Morgan fingerprint density at radius 1 is 1.33 bits per heavy atom. The van der Waals surface area contributed by atoms with Crippen LogP contribution in [0.2, 0.25) is 5.02 Å². The fraction of sp³-hybridized carbons (Fsp3) is 0.600. The van der Waals surface area contributed by atoms with E-state index in [2.05, 4.69) is 18.3 Å². The molecule has 0 aromatic heterocycles. The lowest BCUT2D eigenvalue weighted by Gasteiger charge is -2.26. The molecular weight excluding hydrogens is 246 g/mol. The topological polar surface area (TPSA) is 25.8 Å². The highest BCUT2D eigenvalue weighted by molar-refractivity contribution is 6.32. The van der Waals surface area contributed by atoms with E-state index in [0.717, 1.165) is 24.3 Å². The number of rotatable bonds is 4. The van der Waals surface area contributed by atoms with Gasteiger partial charge in [-0.25, -0.2) is 0 Å². The number of benzene rings is 1. The Morgan fingerprint density at radius 2 is 2.11 bits per heavy atom. The molecule has 1 aliphatic carbocycles. The molecule has 0 saturated heterocycles. The van der Waals surface area contributed by atoms with Gasteiger partial charge in [0, 0.05) is 11.5 Å². The molecule has 0 bridgehead atoms. The molecule has 1 fully saturated rings. The van der Waals surface area contributed by atoms with Crippen molar-refractivity contribution >= 4 is 11.6 Å². The van der Waals surface area contributed by atoms with Gasteiger partial charge >= 0.3 is 0 Å². The first-order valence-corrected chi connectivity index (χ1v) is 7.24. The van der Waals surface area contributed by atoms with Crippen LogP contribution in [0.1, 0.15) is 38.2 Å². The lowest BCUT2D eigenvalue weighted by molar-refractivity contribution is -0.712. The maximum Gasteiger partial charge on any atom is 0.137 e. The van der Waals surface area contributed by atoms with E-state index in [9.17, 15) is 0 Å². The predicted octanol–water partition coefficient (Wildman–Crippen LogP) is 2.99. The van der Waals surface area contributed by atoms with Gasteiger partial charge in [-0.05, 0) is 37.5 Å². The summed E-state index contributed by atoms with van der Waals surface area (Å²) in [5, 5.41) is 3.18. The monoisotopic (exact) mass is 268 g/mol. The molecule has 0 aliphatic heterocycles. The van der Waals surface area contributed by atoms with E-state index in [1.54, 1.807) is 7.11 Å². The zero-order valence-corrected chi connectivity index (χ0v) is 12.0. The van der Waals surface area contributed by atoms with Crippen molar-refractivity contribution in [1.82, 2.24) is 0 Å². The van der Waals surface area contributed by atoms with E-state index in [1.165, 1.54) is 31.2 Å². The second-order valence-electron chi connectivity index (χ2n) is 5.33. The van der Waals surface area contributed by atoms with Gasteiger partial charge < -0.3 is 10.1 Å². The first-order valence-electron chi connectivity index (χ1n) is 6.86. The first kappa shape index (κ1) is 13.7.